The van der Waals surface area contributed by atoms with Crippen molar-refractivity contribution in [1.82, 2.24) is 9.97 Å². The summed E-state index contributed by atoms with van der Waals surface area (Å²) < 4.78 is 0. The maximum atomic E-state index is 10.6. The molecule has 0 saturated heterocycles. The maximum Gasteiger partial charge on any atom is 0.358 e. The maximum absolute atomic E-state index is 10.6. The number of carboxylic acids is 1. The van der Waals surface area contributed by atoms with E-state index in [4.69, 9.17) is 10.8 Å². The van der Waals surface area contributed by atoms with Gasteiger partial charge < -0.3 is 16.2 Å². The minimum absolute atomic E-state index is 0.125. The zero-order valence-electron chi connectivity index (χ0n) is 7.31. The highest BCUT2D eigenvalue weighted by Crippen LogP contribution is 2.09. The number of carboxylic acid groups (broad SMARTS) is 1. The van der Waals surface area contributed by atoms with Crippen molar-refractivity contribution in [3.05, 3.63) is 11.9 Å². The molecule has 1 rings (SSSR count). The highest BCUT2D eigenvalue weighted by atomic mass is 16.4. The van der Waals surface area contributed by atoms with E-state index >= 15 is 0 Å². The first kappa shape index (κ1) is 9.90. The molecular formula is C7H8N4O3. The van der Waals surface area contributed by atoms with Crippen LogP contribution in [0.3, 0.4) is 0 Å². The zero-order chi connectivity index (χ0) is 10.7. The third-order valence-corrected chi connectivity index (χ3v) is 1.31. The molecule has 0 radical (unpaired) electrons. The van der Waals surface area contributed by atoms with Gasteiger partial charge in [0.15, 0.2) is 17.3 Å². The Balaban J connectivity index is 3.00. The minimum atomic E-state index is -1.26. The lowest BCUT2D eigenvalue weighted by molar-refractivity contribution is -0.114. The van der Waals surface area contributed by atoms with Crippen LogP contribution in [0.15, 0.2) is 6.20 Å². The van der Waals surface area contributed by atoms with Crippen molar-refractivity contribution in [2.75, 3.05) is 11.1 Å². The quantitative estimate of drug-likeness (QED) is 0.598. The van der Waals surface area contributed by atoms with Crippen molar-refractivity contribution >= 4 is 23.5 Å². The van der Waals surface area contributed by atoms with Gasteiger partial charge in [-0.15, -0.1) is 0 Å². The van der Waals surface area contributed by atoms with Crippen LogP contribution in [-0.2, 0) is 4.79 Å². The summed E-state index contributed by atoms with van der Waals surface area (Å²) in [5.74, 6) is -1.70. The topological polar surface area (TPSA) is 118 Å². The number of nitrogens with zero attached hydrogens (tertiary/aromatic N) is 2. The molecule has 0 aliphatic rings. The predicted octanol–water partition coefficient (Wildman–Crippen LogP) is -0.285. The summed E-state index contributed by atoms with van der Waals surface area (Å²) in [7, 11) is 0. The molecular weight excluding hydrogens is 188 g/mol. The molecule has 1 aromatic rings. The summed E-state index contributed by atoms with van der Waals surface area (Å²) in [5, 5.41) is 10.9. The number of hydrogen-bond donors (Lipinski definition) is 3. The lowest BCUT2D eigenvalue weighted by Crippen LogP contribution is -2.12. The van der Waals surface area contributed by atoms with Gasteiger partial charge in [-0.1, -0.05) is 0 Å². The Kier molecular flexibility index (Phi) is 2.61. The van der Waals surface area contributed by atoms with Gasteiger partial charge in [0.25, 0.3) is 0 Å². The van der Waals surface area contributed by atoms with Gasteiger partial charge >= 0.3 is 5.97 Å². The van der Waals surface area contributed by atoms with E-state index in [1.54, 1.807) is 0 Å². The van der Waals surface area contributed by atoms with Crippen LogP contribution in [0.5, 0.6) is 0 Å². The second kappa shape index (κ2) is 3.69. The number of nitrogen functional groups attached to an aromatic ring is 1. The Morgan fingerprint density at radius 2 is 2.21 bits per heavy atom. The largest absolute Gasteiger partial charge is 0.476 e. The van der Waals surface area contributed by atoms with Gasteiger partial charge in [0.1, 0.15) is 0 Å². The van der Waals surface area contributed by atoms with Crippen molar-refractivity contribution < 1.29 is 14.7 Å². The van der Waals surface area contributed by atoms with Crippen LogP contribution in [0, 0.1) is 0 Å². The second-order valence-corrected chi connectivity index (χ2v) is 2.48. The first-order valence-corrected chi connectivity index (χ1v) is 3.64. The molecule has 0 spiro atoms. The average molecular weight is 196 g/mol. The van der Waals surface area contributed by atoms with Gasteiger partial charge in [0, 0.05) is 6.92 Å². The van der Waals surface area contributed by atoms with Gasteiger partial charge in [-0.05, 0) is 0 Å². The number of aromatic nitrogens is 2. The van der Waals surface area contributed by atoms with E-state index in [-0.39, 0.29) is 23.2 Å². The lowest BCUT2D eigenvalue weighted by atomic mass is 10.4. The molecule has 1 amide bonds. The van der Waals surface area contributed by atoms with E-state index in [9.17, 15) is 9.59 Å². The van der Waals surface area contributed by atoms with Crippen LogP contribution in [0.1, 0.15) is 17.4 Å². The third kappa shape index (κ3) is 2.16. The molecule has 0 unspecified atom stereocenters. The summed E-state index contributed by atoms with van der Waals surface area (Å²) >= 11 is 0. The van der Waals surface area contributed by atoms with E-state index in [2.05, 4.69) is 15.3 Å². The van der Waals surface area contributed by atoms with Crippen molar-refractivity contribution in [3.8, 4) is 0 Å². The molecule has 74 valence electrons. The van der Waals surface area contributed by atoms with Crippen LogP contribution < -0.4 is 11.1 Å². The van der Waals surface area contributed by atoms with E-state index in [0.717, 1.165) is 6.20 Å². The molecule has 0 aliphatic heterocycles. The van der Waals surface area contributed by atoms with Crippen molar-refractivity contribution in [3.63, 3.8) is 0 Å². The molecule has 7 heteroatoms. The van der Waals surface area contributed by atoms with Gasteiger partial charge in [0.05, 0.1) is 6.20 Å². The minimum Gasteiger partial charge on any atom is -0.476 e. The standard InChI is InChI=1S/C7H8N4O3/c1-3(12)10-4-2-9-5(7(13)14)6(8)11-4/h2H,1H3,(H,13,14)(H3,8,10,11,12). The highest BCUT2D eigenvalue weighted by Gasteiger charge is 2.11. The van der Waals surface area contributed by atoms with E-state index in [1.807, 2.05) is 0 Å². The van der Waals surface area contributed by atoms with Crippen LogP contribution in [-0.4, -0.2) is 27.0 Å². The van der Waals surface area contributed by atoms with Crippen LogP contribution in [0.4, 0.5) is 11.6 Å². The number of hydrogen-bond acceptors (Lipinski definition) is 5. The Morgan fingerprint density at radius 1 is 1.57 bits per heavy atom. The monoisotopic (exact) mass is 196 g/mol. The van der Waals surface area contributed by atoms with Crippen LogP contribution >= 0.6 is 0 Å². The summed E-state index contributed by atoms with van der Waals surface area (Å²) in [4.78, 5) is 28.3. The lowest BCUT2D eigenvalue weighted by Gasteiger charge is -2.02. The van der Waals surface area contributed by atoms with Crippen LogP contribution in [0.25, 0.3) is 0 Å². The summed E-state index contributed by atoms with van der Waals surface area (Å²) in [6.07, 6.45) is 1.13. The van der Waals surface area contributed by atoms with E-state index < -0.39 is 5.97 Å². The molecule has 14 heavy (non-hydrogen) atoms. The van der Waals surface area contributed by atoms with E-state index in [1.165, 1.54) is 6.92 Å². The highest BCUT2D eigenvalue weighted by molar-refractivity contribution is 5.91. The average Bonchev–Trinajstić information content (AvgIpc) is 2.01. The van der Waals surface area contributed by atoms with Gasteiger partial charge in [0.2, 0.25) is 5.91 Å². The van der Waals surface area contributed by atoms with Gasteiger partial charge in [-0.3, -0.25) is 4.79 Å². The Bertz CT molecular complexity index is 391. The summed E-state index contributed by atoms with van der Waals surface area (Å²) in [5.41, 5.74) is 4.96. The molecule has 0 aliphatic carbocycles. The molecule has 1 aromatic heterocycles. The molecule has 7 nitrogen and oxygen atoms in total. The number of anilines is 2. The second-order valence-electron chi connectivity index (χ2n) is 2.48. The third-order valence-electron chi connectivity index (χ3n) is 1.31. The Labute approximate surface area is 79.0 Å². The Hall–Kier alpha value is -2.18. The molecule has 0 atom stereocenters. The van der Waals surface area contributed by atoms with Crippen LogP contribution in [0.2, 0.25) is 0 Å². The first-order chi connectivity index (χ1) is 6.50. The number of carbonyl (C=O) groups excluding carboxylic acids is 1. The van der Waals surface area contributed by atoms with E-state index in [0.29, 0.717) is 0 Å². The fourth-order valence-corrected chi connectivity index (χ4v) is 0.809. The van der Waals surface area contributed by atoms with Gasteiger partial charge in [-0.25, -0.2) is 14.8 Å². The molecule has 0 saturated carbocycles. The predicted molar refractivity (Wildman–Crippen MR) is 47.7 cm³/mol. The fourth-order valence-electron chi connectivity index (χ4n) is 0.809. The normalized spacial score (nSPS) is 9.50. The SMILES string of the molecule is CC(=O)Nc1cnc(C(=O)O)c(N)n1. The Morgan fingerprint density at radius 3 is 2.64 bits per heavy atom. The summed E-state index contributed by atoms with van der Waals surface area (Å²) in [6, 6.07) is 0. The molecule has 1 heterocycles. The molecule has 0 aromatic carbocycles. The zero-order valence-corrected chi connectivity index (χ0v) is 7.31. The molecule has 4 N–H and O–H groups in total. The number of amides is 1. The molecule has 0 bridgehead atoms. The molecule has 0 fully saturated rings. The first-order valence-electron chi connectivity index (χ1n) is 3.64. The number of nitrogens with one attached hydrogen (secondary N) is 1. The van der Waals surface area contributed by atoms with Crippen molar-refractivity contribution in [2.45, 2.75) is 6.92 Å². The van der Waals surface area contributed by atoms with Gasteiger partial charge in [-0.2, -0.15) is 0 Å². The number of nitrogens with two attached hydrogens (primary N) is 1. The van der Waals surface area contributed by atoms with Crippen molar-refractivity contribution in [1.29, 1.82) is 0 Å². The summed E-state index contributed by atoms with van der Waals surface area (Å²) in [6.45, 7) is 1.29. The number of carbonyl (C=O) groups is 2. The number of aromatic carboxylic acids is 1. The number of rotatable bonds is 2. The van der Waals surface area contributed by atoms with Crippen molar-refractivity contribution in [2.24, 2.45) is 0 Å². The fraction of sp³-hybridized carbons (Fsp3) is 0.143. The smallest absolute Gasteiger partial charge is 0.358 e.